The van der Waals surface area contributed by atoms with Crippen molar-refractivity contribution >= 4 is 11.0 Å². The molecule has 0 aliphatic heterocycles. The van der Waals surface area contributed by atoms with E-state index in [4.69, 9.17) is 5.73 Å². The van der Waals surface area contributed by atoms with E-state index in [1.807, 2.05) is 18.2 Å². The molecular formula is C14H17N3O2. The number of hydrogen-bond acceptors (Lipinski definition) is 3. The number of H-pyrrole nitrogens is 2. The van der Waals surface area contributed by atoms with Crippen LogP contribution >= 0.6 is 0 Å². The van der Waals surface area contributed by atoms with Gasteiger partial charge in [0.05, 0.1) is 11.0 Å². The summed E-state index contributed by atoms with van der Waals surface area (Å²) in [6.45, 7) is 0.617. The molecule has 1 aromatic carbocycles. The van der Waals surface area contributed by atoms with Crippen LogP contribution in [0.25, 0.3) is 11.0 Å². The fourth-order valence-electron chi connectivity index (χ4n) is 3.11. The summed E-state index contributed by atoms with van der Waals surface area (Å²) in [5.41, 5.74) is 7.24. The van der Waals surface area contributed by atoms with Crippen molar-refractivity contribution in [2.24, 2.45) is 5.73 Å². The molecular weight excluding hydrogens is 242 g/mol. The van der Waals surface area contributed by atoms with Crippen molar-refractivity contribution in [2.45, 2.75) is 31.1 Å². The third kappa shape index (κ3) is 1.90. The first-order valence-electron chi connectivity index (χ1n) is 6.62. The Hall–Kier alpha value is -1.88. The second-order valence-electron chi connectivity index (χ2n) is 5.36. The van der Waals surface area contributed by atoms with E-state index < -0.39 is 11.1 Å². The molecule has 5 nitrogen and oxygen atoms in total. The van der Waals surface area contributed by atoms with Gasteiger partial charge < -0.3 is 15.7 Å². The number of benzene rings is 1. The molecule has 5 heteroatoms. The van der Waals surface area contributed by atoms with Crippen LogP contribution in [0, 0.1) is 0 Å². The van der Waals surface area contributed by atoms with E-state index in [9.17, 15) is 9.59 Å². The predicted molar refractivity (Wildman–Crippen MR) is 74.4 cm³/mol. The van der Waals surface area contributed by atoms with E-state index in [0.717, 1.165) is 18.4 Å². The lowest BCUT2D eigenvalue weighted by molar-refractivity contribution is 0.453. The third-order valence-corrected chi connectivity index (χ3v) is 4.29. The maximum absolute atomic E-state index is 11.4. The summed E-state index contributed by atoms with van der Waals surface area (Å²) in [5.74, 6) is 0. The van der Waals surface area contributed by atoms with Gasteiger partial charge in [-0.3, -0.25) is 9.59 Å². The van der Waals surface area contributed by atoms with Crippen molar-refractivity contribution < 1.29 is 0 Å². The van der Waals surface area contributed by atoms with Crippen LogP contribution in [0.1, 0.15) is 31.2 Å². The van der Waals surface area contributed by atoms with Gasteiger partial charge in [-0.25, -0.2) is 0 Å². The Bertz CT molecular complexity index is 723. The van der Waals surface area contributed by atoms with Gasteiger partial charge in [-0.15, -0.1) is 0 Å². The zero-order valence-corrected chi connectivity index (χ0v) is 10.7. The summed E-state index contributed by atoms with van der Waals surface area (Å²) in [4.78, 5) is 27.9. The molecule has 0 spiro atoms. The van der Waals surface area contributed by atoms with Crippen LogP contribution in [0.15, 0.2) is 27.8 Å². The predicted octanol–water partition coefficient (Wildman–Crippen LogP) is 0.987. The minimum absolute atomic E-state index is 0.0290. The monoisotopic (exact) mass is 259 g/mol. The number of rotatable bonds is 2. The van der Waals surface area contributed by atoms with Gasteiger partial charge in [-0.2, -0.15) is 0 Å². The molecule has 0 atom stereocenters. The first kappa shape index (κ1) is 12.2. The van der Waals surface area contributed by atoms with Crippen LogP contribution in [-0.2, 0) is 5.41 Å². The molecule has 1 heterocycles. The maximum Gasteiger partial charge on any atom is 0.314 e. The molecule has 1 aliphatic carbocycles. The molecule has 19 heavy (non-hydrogen) atoms. The van der Waals surface area contributed by atoms with Crippen molar-refractivity contribution in [2.75, 3.05) is 6.54 Å². The first-order chi connectivity index (χ1) is 9.14. The largest absolute Gasteiger partial charge is 0.330 e. The van der Waals surface area contributed by atoms with Crippen molar-refractivity contribution in [1.82, 2.24) is 9.97 Å². The Labute approximate surface area is 109 Å². The molecule has 3 rings (SSSR count). The highest BCUT2D eigenvalue weighted by Crippen LogP contribution is 2.40. The summed E-state index contributed by atoms with van der Waals surface area (Å²) >= 11 is 0. The Morgan fingerprint density at radius 3 is 2.32 bits per heavy atom. The van der Waals surface area contributed by atoms with Gasteiger partial charge in [0.2, 0.25) is 0 Å². The summed E-state index contributed by atoms with van der Waals surface area (Å²) < 4.78 is 0. The zero-order chi connectivity index (χ0) is 13.5. The van der Waals surface area contributed by atoms with Crippen molar-refractivity contribution in [3.8, 4) is 0 Å². The van der Waals surface area contributed by atoms with E-state index in [-0.39, 0.29) is 5.41 Å². The molecule has 2 aromatic rings. The minimum atomic E-state index is -0.616. The normalized spacial score (nSPS) is 17.9. The van der Waals surface area contributed by atoms with E-state index in [1.54, 1.807) is 0 Å². The Balaban J connectivity index is 2.18. The summed E-state index contributed by atoms with van der Waals surface area (Å²) in [6.07, 6.45) is 4.56. The Kier molecular flexibility index (Phi) is 2.78. The highest BCUT2D eigenvalue weighted by Gasteiger charge is 2.34. The van der Waals surface area contributed by atoms with Gasteiger partial charge in [0.25, 0.3) is 0 Å². The van der Waals surface area contributed by atoms with Gasteiger partial charge in [0.1, 0.15) is 0 Å². The lowest BCUT2D eigenvalue weighted by Gasteiger charge is -2.28. The number of fused-ring (bicyclic) bond motifs is 1. The smallest absolute Gasteiger partial charge is 0.314 e. The summed E-state index contributed by atoms with van der Waals surface area (Å²) in [7, 11) is 0. The van der Waals surface area contributed by atoms with E-state index in [0.29, 0.717) is 17.6 Å². The molecule has 0 saturated heterocycles. The molecule has 1 fully saturated rings. The van der Waals surface area contributed by atoms with Crippen LogP contribution < -0.4 is 16.9 Å². The molecule has 0 amide bonds. The fourth-order valence-corrected chi connectivity index (χ4v) is 3.11. The number of aromatic amines is 2. The van der Waals surface area contributed by atoms with E-state index in [2.05, 4.69) is 9.97 Å². The minimum Gasteiger partial charge on any atom is -0.330 e. The van der Waals surface area contributed by atoms with Crippen molar-refractivity contribution in [1.29, 1.82) is 0 Å². The molecule has 1 aromatic heterocycles. The molecule has 0 bridgehead atoms. The lowest BCUT2D eigenvalue weighted by atomic mass is 9.79. The van der Waals surface area contributed by atoms with Crippen molar-refractivity contribution in [3.63, 3.8) is 0 Å². The maximum atomic E-state index is 11.4. The summed E-state index contributed by atoms with van der Waals surface area (Å²) in [6, 6.07) is 5.80. The Morgan fingerprint density at radius 2 is 1.68 bits per heavy atom. The fraction of sp³-hybridized carbons (Fsp3) is 0.429. The zero-order valence-electron chi connectivity index (χ0n) is 10.7. The molecule has 100 valence electrons. The molecule has 4 N–H and O–H groups in total. The van der Waals surface area contributed by atoms with Crippen LogP contribution in [0.4, 0.5) is 0 Å². The number of nitrogens with two attached hydrogens (primary N) is 1. The lowest BCUT2D eigenvalue weighted by Crippen LogP contribution is -2.32. The quantitative estimate of drug-likeness (QED) is 0.702. The van der Waals surface area contributed by atoms with Crippen molar-refractivity contribution in [3.05, 3.63) is 44.5 Å². The first-order valence-corrected chi connectivity index (χ1v) is 6.62. The van der Waals surface area contributed by atoms with Gasteiger partial charge >= 0.3 is 11.1 Å². The summed E-state index contributed by atoms with van der Waals surface area (Å²) in [5, 5.41) is 0. The molecule has 0 unspecified atom stereocenters. The van der Waals surface area contributed by atoms with Crippen LogP contribution in [-0.4, -0.2) is 16.5 Å². The average molecular weight is 259 g/mol. The average Bonchev–Trinajstić information content (AvgIpc) is 2.89. The number of hydrogen-bond donors (Lipinski definition) is 3. The molecule has 0 radical (unpaired) electrons. The second-order valence-corrected chi connectivity index (χ2v) is 5.36. The second kappa shape index (κ2) is 4.35. The Morgan fingerprint density at radius 1 is 1.05 bits per heavy atom. The van der Waals surface area contributed by atoms with Crippen LogP contribution in [0.3, 0.4) is 0 Å². The third-order valence-electron chi connectivity index (χ3n) is 4.29. The van der Waals surface area contributed by atoms with Gasteiger partial charge in [0, 0.05) is 12.0 Å². The highest BCUT2D eigenvalue weighted by atomic mass is 16.2. The van der Waals surface area contributed by atoms with Crippen LogP contribution in [0.5, 0.6) is 0 Å². The topological polar surface area (TPSA) is 91.7 Å². The van der Waals surface area contributed by atoms with E-state index in [1.165, 1.54) is 12.8 Å². The number of aromatic nitrogens is 2. The number of nitrogens with one attached hydrogen (secondary N) is 2. The SMILES string of the molecule is NCC1(c2ccc3[nH]c(=O)c(=O)[nH]c3c2)CCCC1. The standard InChI is InChI=1S/C14H17N3O2/c15-8-14(5-1-2-6-14)9-3-4-10-11(7-9)17-13(19)12(18)16-10/h3-4,7H,1-2,5-6,8,15H2,(H,16,18)(H,17,19). The molecule has 1 aliphatic rings. The highest BCUT2D eigenvalue weighted by molar-refractivity contribution is 5.74. The van der Waals surface area contributed by atoms with Gasteiger partial charge in [-0.05, 0) is 30.5 Å². The van der Waals surface area contributed by atoms with Gasteiger partial charge in [0.15, 0.2) is 0 Å². The van der Waals surface area contributed by atoms with E-state index >= 15 is 0 Å². The van der Waals surface area contributed by atoms with Gasteiger partial charge in [-0.1, -0.05) is 18.9 Å². The van der Waals surface area contributed by atoms with Crippen LogP contribution in [0.2, 0.25) is 0 Å². The molecule has 1 saturated carbocycles.